The monoisotopic (exact) mass is 278 g/mol. The van der Waals surface area contributed by atoms with E-state index in [0.717, 1.165) is 14.6 Å². The Hall–Kier alpha value is -1.06. The summed E-state index contributed by atoms with van der Waals surface area (Å²) < 4.78 is 3.23. The normalized spacial score (nSPS) is 11.3. The molecule has 0 spiro atoms. The van der Waals surface area contributed by atoms with E-state index in [1.165, 1.54) is 10.1 Å². The Balaban J connectivity index is 2.63. The lowest BCUT2D eigenvalue weighted by Crippen LogP contribution is -1.67. The van der Waals surface area contributed by atoms with Crippen molar-refractivity contribution >= 4 is 47.4 Å². The number of thiophene rings is 1. The summed E-state index contributed by atoms with van der Waals surface area (Å²) in [4.78, 5) is 0. The topological polar surface area (TPSA) is 20.2 Å². The molecule has 0 bridgehead atoms. The Morgan fingerprint density at radius 2 is 1.60 bits per heavy atom. The summed E-state index contributed by atoms with van der Waals surface area (Å²) >= 11 is 5.15. The standard InChI is InChI=1S/C12H7BrOS/c13-9-5-1-3-7-8-4-2-6-10(14)12(8)15-11(7)9/h1-6,14H. The van der Waals surface area contributed by atoms with Crippen LogP contribution in [0.3, 0.4) is 0 Å². The number of fused-ring (bicyclic) bond motifs is 3. The van der Waals surface area contributed by atoms with Crippen molar-refractivity contribution < 1.29 is 5.11 Å². The first-order valence-corrected chi connectivity index (χ1v) is 6.17. The molecule has 3 aromatic rings. The van der Waals surface area contributed by atoms with Gasteiger partial charge in [0.25, 0.3) is 0 Å². The summed E-state index contributed by atoms with van der Waals surface area (Å²) in [5.41, 5.74) is 0. The third-order valence-corrected chi connectivity index (χ3v) is 4.66. The molecule has 1 N–H and O–H groups in total. The van der Waals surface area contributed by atoms with Crippen LogP contribution in [0.25, 0.3) is 20.2 Å². The van der Waals surface area contributed by atoms with Gasteiger partial charge in [-0.25, -0.2) is 0 Å². The molecule has 74 valence electrons. The molecule has 3 heteroatoms. The highest BCUT2D eigenvalue weighted by atomic mass is 79.9. The van der Waals surface area contributed by atoms with Gasteiger partial charge in [-0.3, -0.25) is 0 Å². The van der Waals surface area contributed by atoms with E-state index >= 15 is 0 Å². The van der Waals surface area contributed by atoms with Crippen LogP contribution in [0, 0.1) is 0 Å². The number of phenolic OH excluding ortho intramolecular Hbond substituents is 1. The van der Waals surface area contributed by atoms with E-state index in [4.69, 9.17) is 0 Å². The van der Waals surface area contributed by atoms with Crippen molar-refractivity contribution in [2.24, 2.45) is 0 Å². The van der Waals surface area contributed by atoms with Crippen LogP contribution in [0.5, 0.6) is 5.75 Å². The first kappa shape index (κ1) is 9.19. The SMILES string of the molecule is Oc1cccc2c1sc1c(Br)cccc12. The van der Waals surface area contributed by atoms with Crippen molar-refractivity contribution in [2.75, 3.05) is 0 Å². The van der Waals surface area contributed by atoms with Gasteiger partial charge < -0.3 is 5.11 Å². The smallest absolute Gasteiger partial charge is 0.133 e. The molecule has 1 nitrogen and oxygen atoms in total. The van der Waals surface area contributed by atoms with Gasteiger partial charge in [0.05, 0.1) is 4.70 Å². The van der Waals surface area contributed by atoms with Crippen LogP contribution in [0.15, 0.2) is 40.9 Å². The predicted octanol–water partition coefficient (Wildman–Crippen LogP) is 4.52. The summed E-state index contributed by atoms with van der Waals surface area (Å²) in [6.45, 7) is 0. The Bertz CT molecular complexity index is 601. The lowest BCUT2D eigenvalue weighted by atomic mass is 10.1. The van der Waals surface area contributed by atoms with Gasteiger partial charge in [0, 0.05) is 19.9 Å². The van der Waals surface area contributed by atoms with E-state index in [9.17, 15) is 5.11 Å². The summed E-state index contributed by atoms with van der Waals surface area (Å²) in [6.07, 6.45) is 0. The minimum atomic E-state index is 0.362. The predicted molar refractivity (Wildman–Crippen MR) is 68.7 cm³/mol. The van der Waals surface area contributed by atoms with Crippen molar-refractivity contribution in [3.8, 4) is 5.75 Å². The average Bonchev–Trinajstić information content (AvgIpc) is 2.60. The van der Waals surface area contributed by atoms with E-state index in [2.05, 4.69) is 22.0 Å². The van der Waals surface area contributed by atoms with Crippen molar-refractivity contribution in [3.05, 3.63) is 40.9 Å². The summed E-state index contributed by atoms with van der Waals surface area (Å²) in [5.74, 6) is 0.362. The number of halogens is 1. The highest BCUT2D eigenvalue weighted by Crippen LogP contribution is 2.41. The zero-order chi connectivity index (χ0) is 10.4. The molecule has 0 aliphatic rings. The molecule has 1 heterocycles. The van der Waals surface area contributed by atoms with Crippen LogP contribution < -0.4 is 0 Å². The number of benzene rings is 2. The van der Waals surface area contributed by atoms with Crippen molar-refractivity contribution in [3.63, 3.8) is 0 Å². The van der Waals surface area contributed by atoms with E-state index in [-0.39, 0.29) is 0 Å². The lowest BCUT2D eigenvalue weighted by Gasteiger charge is -1.93. The molecule has 0 aliphatic heterocycles. The van der Waals surface area contributed by atoms with Crippen LogP contribution in [0.1, 0.15) is 0 Å². The summed E-state index contributed by atoms with van der Waals surface area (Å²) in [6, 6.07) is 11.8. The van der Waals surface area contributed by atoms with Crippen LogP contribution >= 0.6 is 27.3 Å². The first-order valence-electron chi connectivity index (χ1n) is 4.56. The molecule has 3 rings (SSSR count). The molecule has 0 saturated heterocycles. The minimum absolute atomic E-state index is 0.362. The zero-order valence-electron chi connectivity index (χ0n) is 7.70. The van der Waals surface area contributed by atoms with E-state index in [1.807, 2.05) is 24.3 Å². The quantitative estimate of drug-likeness (QED) is 0.641. The number of rotatable bonds is 0. The molecule has 0 atom stereocenters. The maximum Gasteiger partial charge on any atom is 0.133 e. The Morgan fingerprint density at radius 1 is 0.933 bits per heavy atom. The Labute approximate surface area is 99.1 Å². The fraction of sp³-hybridized carbons (Fsp3) is 0. The lowest BCUT2D eigenvalue weighted by molar-refractivity contribution is 0.482. The fourth-order valence-corrected chi connectivity index (χ4v) is 3.50. The van der Waals surface area contributed by atoms with Gasteiger partial charge in [-0.1, -0.05) is 24.3 Å². The molecule has 2 aromatic carbocycles. The maximum atomic E-state index is 9.76. The van der Waals surface area contributed by atoms with Crippen molar-refractivity contribution in [1.29, 1.82) is 0 Å². The van der Waals surface area contributed by atoms with Gasteiger partial charge in [0.15, 0.2) is 0 Å². The van der Waals surface area contributed by atoms with E-state index in [0.29, 0.717) is 5.75 Å². The molecule has 0 saturated carbocycles. The first-order chi connectivity index (χ1) is 7.27. The third kappa shape index (κ3) is 1.27. The number of hydrogen-bond donors (Lipinski definition) is 1. The van der Waals surface area contributed by atoms with Gasteiger partial charge in [-0.2, -0.15) is 0 Å². The third-order valence-electron chi connectivity index (χ3n) is 2.46. The molecule has 0 radical (unpaired) electrons. The molecule has 1 aromatic heterocycles. The Kier molecular flexibility index (Phi) is 1.97. The van der Waals surface area contributed by atoms with Gasteiger partial charge in [0.2, 0.25) is 0 Å². The second kappa shape index (κ2) is 3.22. The second-order valence-corrected chi connectivity index (χ2v) is 5.25. The average molecular weight is 279 g/mol. The van der Waals surface area contributed by atoms with Crippen molar-refractivity contribution in [2.45, 2.75) is 0 Å². The minimum Gasteiger partial charge on any atom is -0.506 e. The maximum absolute atomic E-state index is 9.76. The van der Waals surface area contributed by atoms with E-state index < -0.39 is 0 Å². The van der Waals surface area contributed by atoms with Crippen LogP contribution in [0.4, 0.5) is 0 Å². The number of aromatic hydroxyl groups is 1. The summed E-state index contributed by atoms with van der Waals surface area (Å²) in [7, 11) is 0. The molecule has 15 heavy (non-hydrogen) atoms. The van der Waals surface area contributed by atoms with Gasteiger partial charge >= 0.3 is 0 Å². The molecule has 0 unspecified atom stereocenters. The number of hydrogen-bond acceptors (Lipinski definition) is 2. The van der Waals surface area contributed by atoms with Gasteiger partial charge in [0.1, 0.15) is 5.75 Å². The van der Waals surface area contributed by atoms with Gasteiger partial charge in [-0.15, -0.1) is 11.3 Å². The summed E-state index contributed by atoms with van der Waals surface area (Å²) in [5, 5.41) is 12.1. The molecule has 0 amide bonds. The zero-order valence-corrected chi connectivity index (χ0v) is 10.1. The highest BCUT2D eigenvalue weighted by Gasteiger charge is 2.09. The Morgan fingerprint density at radius 3 is 2.40 bits per heavy atom. The molecular weight excluding hydrogens is 272 g/mol. The van der Waals surface area contributed by atoms with Crippen molar-refractivity contribution in [1.82, 2.24) is 0 Å². The van der Waals surface area contributed by atoms with Crippen LogP contribution in [-0.2, 0) is 0 Å². The highest BCUT2D eigenvalue weighted by molar-refractivity contribution is 9.10. The molecular formula is C12H7BrOS. The fourth-order valence-electron chi connectivity index (χ4n) is 1.77. The largest absolute Gasteiger partial charge is 0.506 e. The van der Waals surface area contributed by atoms with Crippen LogP contribution in [-0.4, -0.2) is 5.11 Å². The van der Waals surface area contributed by atoms with Crippen LogP contribution in [0.2, 0.25) is 0 Å². The number of phenols is 1. The van der Waals surface area contributed by atoms with E-state index in [1.54, 1.807) is 17.4 Å². The molecule has 0 aliphatic carbocycles. The second-order valence-electron chi connectivity index (χ2n) is 3.37. The molecule has 0 fully saturated rings. The van der Waals surface area contributed by atoms with Gasteiger partial charge in [-0.05, 0) is 28.1 Å².